The zero-order valence-corrected chi connectivity index (χ0v) is 16.4. The third-order valence-electron chi connectivity index (χ3n) is 3.94. The van der Waals surface area contributed by atoms with E-state index in [0.29, 0.717) is 35.5 Å². The molecule has 0 heterocycles. The highest BCUT2D eigenvalue weighted by Crippen LogP contribution is 2.29. The van der Waals surface area contributed by atoms with Crippen LogP contribution in [0, 0.1) is 24.2 Å². The minimum Gasteiger partial charge on any atom is -0.492 e. The van der Waals surface area contributed by atoms with Gasteiger partial charge in [-0.25, -0.2) is 0 Å². The lowest BCUT2D eigenvalue weighted by atomic mass is 10.1. The first-order valence-electron chi connectivity index (χ1n) is 9.40. The van der Waals surface area contributed by atoms with Crippen LogP contribution in [0.1, 0.15) is 42.4 Å². The van der Waals surface area contributed by atoms with Crippen LogP contribution < -0.4 is 9.47 Å². The highest BCUT2D eigenvalue weighted by atomic mass is 16.5. The summed E-state index contributed by atoms with van der Waals surface area (Å²) in [5.41, 5.74) is 1.81. The minimum absolute atomic E-state index is 0.00219. The number of carboxylic acid groups (broad SMARTS) is 2. The fourth-order valence-corrected chi connectivity index (χ4v) is 2.48. The molecule has 0 aromatic heterocycles. The van der Waals surface area contributed by atoms with Crippen molar-refractivity contribution in [2.24, 2.45) is 0 Å². The fraction of sp³-hybridized carbons (Fsp3) is 0.250. The molecule has 0 aliphatic heterocycles. The van der Waals surface area contributed by atoms with Gasteiger partial charge in [0.25, 0.3) is 0 Å². The maximum Gasteiger partial charge on any atom is 0.303 e. The van der Waals surface area contributed by atoms with Crippen molar-refractivity contribution in [1.82, 2.24) is 0 Å². The average molecular weight is 406 g/mol. The van der Waals surface area contributed by atoms with E-state index in [9.17, 15) is 9.59 Å². The Morgan fingerprint density at radius 1 is 0.833 bits per heavy atom. The van der Waals surface area contributed by atoms with Crippen LogP contribution in [-0.4, -0.2) is 35.4 Å². The van der Waals surface area contributed by atoms with Crippen molar-refractivity contribution in [1.29, 1.82) is 0 Å². The molecule has 2 aromatic carbocycles. The van der Waals surface area contributed by atoms with Crippen LogP contribution in [0.3, 0.4) is 0 Å². The first kappa shape index (κ1) is 22.4. The smallest absolute Gasteiger partial charge is 0.303 e. The molecule has 0 radical (unpaired) electrons. The van der Waals surface area contributed by atoms with Crippen LogP contribution in [0.25, 0.3) is 0 Å². The quantitative estimate of drug-likeness (QED) is 0.463. The minimum atomic E-state index is -0.893. The summed E-state index contributed by atoms with van der Waals surface area (Å²) in [6.07, 6.45) is 6.27. The molecule has 30 heavy (non-hydrogen) atoms. The van der Waals surface area contributed by atoms with Gasteiger partial charge in [0.15, 0.2) is 0 Å². The van der Waals surface area contributed by atoms with Gasteiger partial charge in [0.1, 0.15) is 11.5 Å². The topological polar surface area (TPSA) is 93.1 Å². The number of rotatable bonds is 10. The molecule has 0 bridgehead atoms. The van der Waals surface area contributed by atoms with E-state index in [4.69, 9.17) is 26.1 Å². The van der Waals surface area contributed by atoms with E-state index in [1.165, 1.54) is 0 Å². The number of carbonyl (C=O) groups is 2. The Balaban J connectivity index is 2.26. The first-order chi connectivity index (χ1) is 14.5. The highest BCUT2D eigenvalue weighted by molar-refractivity contribution is 5.67. The van der Waals surface area contributed by atoms with Crippen LogP contribution in [0.4, 0.5) is 0 Å². The fourth-order valence-electron chi connectivity index (χ4n) is 2.48. The van der Waals surface area contributed by atoms with Crippen LogP contribution >= 0.6 is 0 Å². The number of aliphatic carboxylic acids is 2. The van der Waals surface area contributed by atoms with Crippen molar-refractivity contribution in [3.05, 3.63) is 59.2 Å². The molecule has 0 fully saturated rings. The summed E-state index contributed by atoms with van der Waals surface area (Å²) in [6.45, 7) is 0.403. The largest absolute Gasteiger partial charge is 0.492 e. The standard InChI is InChI=1S/C24H22O6/c1-2-19-16-22(30-15-7-11-24(27)28)20(13-12-18-8-4-3-5-9-18)17-21(19)29-14-6-10-23(25)26/h1,3-5,8-9,16-17H,6-7,10-11,14-15H2,(H,25,26)(H,27,28). The third kappa shape index (κ3) is 7.61. The second-order valence-electron chi connectivity index (χ2n) is 6.30. The Bertz CT molecular complexity index is 976. The van der Waals surface area contributed by atoms with Crippen LogP contribution in [0.15, 0.2) is 42.5 Å². The molecule has 0 saturated heterocycles. The molecule has 0 atom stereocenters. The lowest BCUT2D eigenvalue weighted by Crippen LogP contribution is -2.06. The van der Waals surface area contributed by atoms with Gasteiger partial charge in [-0.15, -0.1) is 6.42 Å². The SMILES string of the molecule is C#Cc1cc(OCCCC(=O)O)c(C#Cc2ccccc2)cc1OCCCC(=O)O. The Kier molecular flexibility index (Phi) is 8.83. The molecule has 2 aromatic rings. The van der Waals surface area contributed by atoms with Crippen LogP contribution in [0.5, 0.6) is 11.5 Å². The van der Waals surface area contributed by atoms with Crippen molar-refractivity contribution in [2.75, 3.05) is 13.2 Å². The summed E-state index contributed by atoms with van der Waals surface area (Å²) >= 11 is 0. The van der Waals surface area contributed by atoms with Gasteiger partial charge in [0, 0.05) is 30.5 Å². The van der Waals surface area contributed by atoms with E-state index in [2.05, 4.69) is 17.8 Å². The summed E-state index contributed by atoms with van der Waals surface area (Å²) in [5, 5.41) is 17.5. The lowest BCUT2D eigenvalue weighted by Gasteiger charge is -2.13. The summed E-state index contributed by atoms with van der Waals surface area (Å²) < 4.78 is 11.4. The van der Waals surface area contributed by atoms with E-state index < -0.39 is 11.9 Å². The molecule has 0 spiro atoms. The van der Waals surface area contributed by atoms with Gasteiger partial charge in [-0.1, -0.05) is 36.0 Å². The Morgan fingerprint density at radius 2 is 1.37 bits per heavy atom. The predicted molar refractivity (Wildman–Crippen MR) is 112 cm³/mol. The summed E-state index contributed by atoms with van der Waals surface area (Å²) in [4.78, 5) is 21.4. The Labute approximate surface area is 175 Å². The predicted octanol–water partition coefficient (Wildman–Crippen LogP) is 3.55. The van der Waals surface area contributed by atoms with Gasteiger partial charge < -0.3 is 19.7 Å². The number of hydrogen-bond donors (Lipinski definition) is 2. The Hall–Kier alpha value is -3.90. The van der Waals surface area contributed by atoms with Gasteiger partial charge in [-0.2, -0.15) is 0 Å². The molecule has 0 aliphatic rings. The van der Waals surface area contributed by atoms with Crippen LogP contribution in [0.2, 0.25) is 0 Å². The third-order valence-corrected chi connectivity index (χ3v) is 3.94. The first-order valence-corrected chi connectivity index (χ1v) is 9.40. The van der Waals surface area contributed by atoms with Gasteiger partial charge >= 0.3 is 11.9 Å². The summed E-state index contributed by atoms with van der Waals surface area (Å²) in [7, 11) is 0. The molecule has 6 nitrogen and oxygen atoms in total. The monoisotopic (exact) mass is 406 g/mol. The van der Waals surface area contributed by atoms with E-state index in [0.717, 1.165) is 5.56 Å². The number of ether oxygens (including phenoxy) is 2. The van der Waals surface area contributed by atoms with Crippen molar-refractivity contribution >= 4 is 11.9 Å². The molecular formula is C24H22O6. The molecule has 0 aliphatic carbocycles. The molecule has 0 saturated carbocycles. The number of benzene rings is 2. The number of hydrogen-bond acceptors (Lipinski definition) is 4. The van der Waals surface area contributed by atoms with Gasteiger partial charge in [-0.05, 0) is 25.0 Å². The zero-order valence-electron chi connectivity index (χ0n) is 16.4. The molecule has 6 heteroatoms. The molecule has 154 valence electrons. The molecule has 0 amide bonds. The van der Waals surface area contributed by atoms with E-state index in [-0.39, 0.29) is 26.1 Å². The second kappa shape index (κ2) is 11.8. The van der Waals surface area contributed by atoms with Crippen molar-refractivity contribution in [3.8, 4) is 35.7 Å². The van der Waals surface area contributed by atoms with Gasteiger partial charge in [0.05, 0.1) is 24.3 Å². The maximum absolute atomic E-state index is 10.7. The van der Waals surface area contributed by atoms with Crippen molar-refractivity contribution in [2.45, 2.75) is 25.7 Å². The second-order valence-corrected chi connectivity index (χ2v) is 6.30. The van der Waals surface area contributed by atoms with E-state index in [1.54, 1.807) is 12.1 Å². The lowest BCUT2D eigenvalue weighted by molar-refractivity contribution is -0.138. The van der Waals surface area contributed by atoms with E-state index in [1.807, 2.05) is 30.3 Å². The zero-order chi connectivity index (χ0) is 21.8. The highest BCUT2D eigenvalue weighted by Gasteiger charge is 2.11. The van der Waals surface area contributed by atoms with Crippen LogP contribution in [-0.2, 0) is 9.59 Å². The molecular weight excluding hydrogens is 384 g/mol. The van der Waals surface area contributed by atoms with Gasteiger partial charge in [-0.3, -0.25) is 9.59 Å². The van der Waals surface area contributed by atoms with Crippen molar-refractivity contribution < 1.29 is 29.3 Å². The molecule has 0 unspecified atom stereocenters. The summed E-state index contributed by atoms with van der Waals surface area (Å²) in [6, 6.07) is 12.7. The Morgan fingerprint density at radius 3 is 1.90 bits per heavy atom. The summed E-state index contributed by atoms with van der Waals surface area (Å²) in [5.74, 6) is 7.69. The average Bonchev–Trinajstić information content (AvgIpc) is 2.73. The normalized spacial score (nSPS) is 9.70. The van der Waals surface area contributed by atoms with Crippen molar-refractivity contribution in [3.63, 3.8) is 0 Å². The molecule has 2 N–H and O–H groups in total. The maximum atomic E-state index is 10.7. The van der Waals surface area contributed by atoms with E-state index >= 15 is 0 Å². The van der Waals surface area contributed by atoms with Gasteiger partial charge in [0.2, 0.25) is 0 Å². The molecule has 2 rings (SSSR count). The number of carboxylic acids is 2. The number of terminal acetylenes is 1.